The summed E-state index contributed by atoms with van der Waals surface area (Å²) < 4.78 is 0. The average molecular weight is 65.8 g/mol. The molecule has 0 saturated heterocycles. The summed E-state index contributed by atoms with van der Waals surface area (Å²) in [6.45, 7) is -0.250. The van der Waals surface area contributed by atoms with Gasteiger partial charge in [-0.25, -0.2) is 0 Å². The van der Waals surface area contributed by atoms with Crippen molar-refractivity contribution in [1.82, 2.24) is 0 Å². The van der Waals surface area contributed by atoms with Gasteiger partial charge in [0.1, 0.15) is 7.85 Å². The van der Waals surface area contributed by atoms with Gasteiger partial charge in [0.05, 0.1) is 0 Å². The minimum absolute atomic E-state index is 0. The zero-order valence-corrected chi connectivity index (χ0v) is 4.73. The Labute approximate surface area is 50.6 Å². The second-order valence-electron chi connectivity index (χ2n) is 0.183. The second kappa shape index (κ2) is 8.98. The Hall–Kier alpha value is 1.02. The first kappa shape index (κ1) is 8.90. The predicted molar refractivity (Wildman–Crippen MR) is 14.0 cm³/mol. The van der Waals surface area contributed by atoms with Crippen LogP contribution in [0.25, 0.3) is 0 Å². The molecule has 0 aromatic carbocycles. The quantitative estimate of drug-likeness (QED) is 0.288. The van der Waals surface area contributed by atoms with Crippen LogP contribution in [0.15, 0.2) is 0 Å². The van der Waals surface area contributed by atoms with Crippen LogP contribution in [0.4, 0.5) is 0 Å². The molecule has 0 aromatic rings. The van der Waals surface area contributed by atoms with E-state index in [1.54, 1.807) is 0 Å². The number of hydrogen-bond donors (Lipinski definition) is 1. The van der Waals surface area contributed by atoms with Gasteiger partial charge in [-0.05, 0) is 0 Å². The smallest absolute Gasteiger partial charge is 1.00 e. The molecule has 0 bridgehead atoms. The third kappa shape index (κ3) is 11.8. The molecule has 0 spiro atoms. The van der Waals surface area contributed by atoms with Gasteiger partial charge in [0, 0.05) is 6.51 Å². The van der Waals surface area contributed by atoms with Crippen molar-refractivity contribution in [2.75, 3.05) is 6.51 Å². The topological polar surface area (TPSA) is 20.2 Å². The minimum atomic E-state index is -0.250. The SMILES string of the molecule is [B]CO.[H-].[Na+]. The predicted octanol–water partition coefficient (Wildman–Crippen LogP) is -3.78. The Balaban J connectivity index is -0.0000000200. The molecule has 0 aliphatic heterocycles. The van der Waals surface area contributed by atoms with Gasteiger partial charge in [0.2, 0.25) is 0 Å². The monoisotopic (exact) mass is 66.0 g/mol. The number of aliphatic hydroxyl groups is 1. The van der Waals surface area contributed by atoms with E-state index in [0.29, 0.717) is 0 Å². The normalized spacial score (nSPS) is 4.25. The Morgan fingerprint density at radius 1 is 2.00 bits per heavy atom. The molecule has 4 heavy (non-hydrogen) atoms. The molecule has 0 aromatic heterocycles. The Morgan fingerprint density at radius 2 is 2.00 bits per heavy atom. The number of rotatable bonds is 0. The standard InChI is InChI=1S/CH3BO.Na.H/c2-1-3;;/h3H,1H2;;/q;+1;-1. The summed E-state index contributed by atoms with van der Waals surface area (Å²) >= 11 is 0. The van der Waals surface area contributed by atoms with E-state index in [1.165, 1.54) is 0 Å². The third-order valence-electron chi connectivity index (χ3n) is 0. The molecule has 3 heteroatoms. The molecule has 0 saturated carbocycles. The van der Waals surface area contributed by atoms with E-state index in [-0.39, 0.29) is 37.5 Å². The summed E-state index contributed by atoms with van der Waals surface area (Å²) in [5, 5.41) is 7.35. The van der Waals surface area contributed by atoms with E-state index < -0.39 is 0 Å². The first-order valence-corrected chi connectivity index (χ1v) is 0.724. The van der Waals surface area contributed by atoms with Gasteiger partial charge in [-0.1, -0.05) is 0 Å². The Kier molecular flexibility index (Phi) is 20.0. The summed E-state index contributed by atoms with van der Waals surface area (Å²) in [6, 6.07) is 0. The van der Waals surface area contributed by atoms with Crippen molar-refractivity contribution >= 4 is 7.85 Å². The van der Waals surface area contributed by atoms with Gasteiger partial charge in [0.25, 0.3) is 0 Å². The molecular formula is CH4BNaO. The van der Waals surface area contributed by atoms with Crippen LogP contribution in [0, 0.1) is 0 Å². The summed E-state index contributed by atoms with van der Waals surface area (Å²) in [7, 11) is 4.40. The first-order chi connectivity index (χ1) is 1.41. The molecule has 2 radical (unpaired) electrons. The maximum atomic E-state index is 7.35. The van der Waals surface area contributed by atoms with Gasteiger partial charge in [-0.2, -0.15) is 0 Å². The van der Waals surface area contributed by atoms with E-state index in [9.17, 15) is 0 Å². The third-order valence-corrected chi connectivity index (χ3v) is 0. The van der Waals surface area contributed by atoms with Crippen molar-refractivity contribution in [3.05, 3.63) is 0 Å². The molecule has 0 aliphatic rings. The number of hydrogen-bond acceptors (Lipinski definition) is 1. The van der Waals surface area contributed by atoms with Crippen LogP contribution in [0.5, 0.6) is 0 Å². The average Bonchev–Trinajstić information content (AvgIpc) is 0.918. The molecule has 18 valence electrons. The zero-order valence-electron chi connectivity index (χ0n) is 3.73. The fourth-order valence-electron chi connectivity index (χ4n) is 0. The molecule has 0 amide bonds. The fourth-order valence-corrected chi connectivity index (χ4v) is 0. The van der Waals surface area contributed by atoms with E-state index in [2.05, 4.69) is 7.85 Å². The van der Waals surface area contributed by atoms with Crippen LogP contribution >= 0.6 is 0 Å². The van der Waals surface area contributed by atoms with Gasteiger partial charge in [0.15, 0.2) is 0 Å². The van der Waals surface area contributed by atoms with Crippen LogP contribution in [-0.4, -0.2) is 19.5 Å². The molecular weight excluding hydrogens is 61.8 g/mol. The van der Waals surface area contributed by atoms with Gasteiger partial charge < -0.3 is 6.53 Å². The number of aliphatic hydroxyl groups excluding tert-OH is 1. The van der Waals surface area contributed by atoms with Crippen molar-refractivity contribution in [3.63, 3.8) is 0 Å². The van der Waals surface area contributed by atoms with Crippen molar-refractivity contribution in [3.8, 4) is 0 Å². The van der Waals surface area contributed by atoms with E-state index in [0.717, 1.165) is 0 Å². The summed E-state index contributed by atoms with van der Waals surface area (Å²) in [6.07, 6.45) is 0. The molecule has 1 N–H and O–H groups in total. The van der Waals surface area contributed by atoms with Crippen molar-refractivity contribution < 1.29 is 36.1 Å². The van der Waals surface area contributed by atoms with Crippen molar-refractivity contribution in [2.24, 2.45) is 0 Å². The fraction of sp³-hybridized carbons (Fsp3) is 1.00. The maximum absolute atomic E-state index is 7.35. The second-order valence-corrected chi connectivity index (χ2v) is 0.183. The van der Waals surface area contributed by atoms with E-state index >= 15 is 0 Å². The van der Waals surface area contributed by atoms with Gasteiger partial charge in [-0.15, -0.1) is 0 Å². The van der Waals surface area contributed by atoms with Crippen LogP contribution in [0.2, 0.25) is 0 Å². The summed E-state index contributed by atoms with van der Waals surface area (Å²) in [5.41, 5.74) is 0. The van der Waals surface area contributed by atoms with Crippen LogP contribution in [0.1, 0.15) is 1.43 Å². The van der Waals surface area contributed by atoms with Crippen LogP contribution in [-0.2, 0) is 0 Å². The minimum Gasteiger partial charge on any atom is -1.00 e. The maximum Gasteiger partial charge on any atom is 1.00 e. The molecule has 0 aliphatic carbocycles. The molecule has 0 rings (SSSR count). The van der Waals surface area contributed by atoms with E-state index in [1.807, 2.05) is 0 Å². The van der Waals surface area contributed by atoms with Gasteiger partial charge >= 0.3 is 29.6 Å². The molecule has 0 fully saturated rings. The van der Waals surface area contributed by atoms with Crippen molar-refractivity contribution in [1.29, 1.82) is 0 Å². The van der Waals surface area contributed by atoms with E-state index in [4.69, 9.17) is 5.11 Å². The summed E-state index contributed by atoms with van der Waals surface area (Å²) in [4.78, 5) is 0. The molecule has 0 heterocycles. The van der Waals surface area contributed by atoms with Gasteiger partial charge in [-0.3, -0.25) is 0 Å². The Bertz CT molecular complexity index is 11.6. The summed E-state index contributed by atoms with van der Waals surface area (Å²) in [5.74, 6) is 0. The molecule has 0 unspecified atom stereocenters. The van der Waals surface area contributed by atoms with Crippen LogP contribution in [0.3, 0.4) is 0 Å². The zero-order chi connectivity index (χ0) is 2.71. The van der Waals surface area contributed by atoms with Crippen molar-refractivity contribution in [2.45, 2.75) is 0 Å². The Morgan fingerprint density at radius 3 is 2.00 bits per heavy atom. The molecule has 1 nitrogen and oxygen atoms in total. The first-order valence-electron chi connectivity index (χ1n) is 0.724. The molecule has 0 atom stereocenters. The van der Waals surface area contributed by atoms with Crippen LogP contribution < -0.4 is 29.6 Å². The largest absolute Gasteiger partial charge is 1.00 e.